The van der Waals surface area contributed by atoms with Gasteiger partial charge in [0.2, 0.25) is 0 Å². The van der Waals surface area contributed by atoms with Crippen molar-refractivity contribution in [3.05, 3.63) is 108 Å². The van der Waals surface area contributed by atoms with E-state index in [1.54, 1.807) is 7.11 Å². The number of benzene rings is 4. The lowest BCUT2D eigenvalue weighted by molar-refractivity contribution is 0.0222. The van der Waals surface area contributed by atoms with Gasteiger partial charge in [0.15, 0.2) is 23.0 Å². The molecule has 0 N–H and O–H groups in total. The Morgan fingerprint density at radius 3 is 1.47 bits per heavy atom. The van der Waals surface area contributed by atoms with Gasteiger partial charge in [0.25, 0.3) is 0 Å². The predicted molar refractivity (Wildman–Crippen MR) is 186 cm³/mol. The van der Waals surface area contributed by atoms with Crippen LogP contribution in [0.2, 0.25) is 0 Å². The van der Waals surface area contributed by atoms with Gasteiger partial charge >= 0.3 is 0 Å². The second kappa shape index (κ2) is 17.4. The van der Waals surface area contributed by atoms with Crippen molar-refractivity contribution < 1.29 is 42.6 Å². The van der Waals surface area contributed by atoms with Crippen molar-refractivity contribution in [2.24, 2.45) is 0 Å². The molecule has 0 saturated heterocycles. The molecule has 0 amide bonds. The normalized spacial score (nSPS) is 19.9. The maximum atomic E-state index is 6.53. The fourth-order valence-corrected chi connectivity index (χ4v) is 6.17. The fourth-order valence-electron chi connectivity index (χ4n) is 6.17. The summed E-state index contributed by atoms with van der Waals surface area (Å²) >= 11 is 0. The molecule has 260 valence electrons. The molecule has 2 aliphatic rings. The largest absolute Gasteiger partial charge is 0.487 e. The summed E-state index contributed by atoms with van der Waals surface area (Å²) < 4.78 is 54.1. The van der Waals surface area contributed by atoms with Crippen molar-refractivity contribution in [3.63, 3.8) is 0 Å². The maximum Gasteiger partial charge on any atom is 0.163 e. The Morgan fingerprint density at radius 1 is 0.469 bits per heavy atom. The molecular formula is C39H45NO9. The zero-order valence-corrected chi connectivity index (χ0v) is 28.3. The molecule has 2 heterocycles. The molecule has 0 radical (unpaired) electrons. The van der Waals surface area contributed by atoms with Crippen molar-refractivity contribution in [3.8, 4) is 23.0 Å². The van der Waals surface area contributed by atoms with E-state index in [1.165, 1.54) is 0 Å². The van der Waals surface area contributed by atoms with Crippen molar-refractivity contribution in [1.29, 1.82) is 0 Å². The van der Waals surface area contributed by atoms with Gasteiger partial charge in [0.05, 0.1) is 58.5 Å². The van der Waals surface area contributed by atoms with Gasteiger partial charge in [0.1, 0.15) is 32.0 Å². The van der Waals surface area contributed by atoms with E-state index in [1.807, 2.05) is 66.7 Å². The number of nitrogens with zero attached hydrogens (tertiary/aromatic N) is 1. The average molecular weight is 672 g/mol. The predicted octanol–water partition coefficient (Wildman–Crippen LogP) is 6.00. The molecule has 0 bridgehead atoms. The molecule has 4 aromatic rings. The first-order chi connectivity index (χ1) is 24.2. The molecular weight excluding hydrogens is 626 g/mol. The molecule has 2 aliphatic heterocycles. The lowest BCUT2D eigenvalue weighted by Crippen LogP contribution is -2.38. The summed E-state index contributed by atoms with van der Waals surface area (Å²) in [6.07, 6.45) is 0. The zero-order valence-electron chi connectivity index (χ0n) is 28.3. The molecule has 0 fully saturated rings. The van der Waals surface area contributed by atoms with Crippen LogP contribution in [-0.2, 0) is 29.3 Å². The van der Waals surface area contributed by atoms with E-state index < -0.39 is 5.60 Å². The molecule has 4 aromatic carbocycles. The quantitative estimate of drug-likeness (QED) is 0.253. The summed E-state index contributed by atoms with van der Waals surface area (Å²) in [7, 11) is 3.81. The third kappa shape index (κ3) is 8.12. The summed E-state index contributed by atoms with van der Waals surface area (Å²) in [5, 5.41) is 0. The van der Waals surface area contributed by atoms with E-state index in [0.717, 1.165) is 28.1 Å². The topological polar surface area (TPSA) is 86.3 Å². The van der Waals surface area contributed by atoms with E-state index in [9.17, 15) is 0 Å². The van der Waals surface area contributed by atoms with Crippen LogP contribution in [0.4, 0.5) is 11.4 Å². The minimum absolute atomic E-state index is 0.320. The smallest absolute Gasteiger partial charge is 0.163 e. The fraction of sp³-hybridized carbons (Fsp3) is 0.385. The standard InChI is InChI=1S/C39H45NO9/c1-40-33-13-7-6-12-31(33)39(41-2,30-10-4-3-5-11-30)32-28-37-38(29-34(32)40)49-27-23-45-19-17-43-21-25-47-36-15-9-8-14-35(36)46-24-20-42-16-18-44-22-26-48-37/h3-15,28-29H,16-27H2,1-2H3. The molecule has 0 aliphatic carbocycles. The summed E-state index contributed by atoms with van der Waals surface area (Å²) in [6.45, 7) is 4.78. The number of para-hydroxylation sites is 3. The second-order valence-electron chi connectivity index (χ2n) is 11.4. The number of hydrogen-bond donors (Lipinski definition) is 0. The van der Waals surface area contributed by atoms with E-state index in [2.05, 4.69) is 36.2 Å². The van der Waals surface area contributed by atoms with Crippen LogP contribution in [0.15, 0.2) is 91.0 Å². The Bertz CT molecular complexity index is 1620. The first kappa shape index (κ1) is 34.5. The van der Waals surface area contributed by atoms with Gasteiger partial charge < -0.3 is 47.5 Å². The third-order valence-electron chi connectivity index (χ3n) is 8.47. The van der Waals surface area contributed by atoms with Crippen LogP contribution in [0.5, 0.6) is 23.0 Å². The van der Waals surface area contributed by atoms with Gasteiger partial charge in [-0.3, -0.25) is 0 Å². The van der Waals surface area contributed by atoms with E-state index >= 15 is 0 Å². The summed E-state index contributed by atoms with van der Waals surface area (Å²) in [4.78, 5) is 2.17. The molecule has 49 heavy (non-hydrogen) atoms. The number of fused-ring (bicyclic) bond motifs is 4. The van der Waals surface area contributed by atoms with Crippen molar-refractivity contribution in [2.75, 3.05) is 98.3 Å². The van der Waals surface area contributed by atoms with Gasteiger partial charge in [0, 0.05) is 37.0 Å². The number of ether oxygens (including phenoxy) is 9. The molecule has 6 rings (SSSR count). The van der Waals surface area contributed by atoms with E-state index in [4.69, 9.17) is 42.6 Å². The van der Waals surface area contributed by atoms with Crippen LogP contribution in [0.1, 0.15) is 16.7 Å². The van der Waals surface area contributed by atoms with Crippen LogP contribution < -0.4 is 23.8 Å². The first-order valence-corrected chi connectivity index (χ1v) is 16.8. The molecule has 0 spiro atoms. The van der Waals surface area contributed by atoms with Crippen molar-refractivity contribution in [2.45, 2.75) is 5.60 Å². The number of anilines is 2. The molecule has 10 nitrogen and oxygen atoms in total. The maximum absolute atomic E-state index is 6.53. The Hall–Kier alpha value is -4.32. The Kier molecular flexibility index (Phi) is 12.2. The number of methoxy groups -OCH3 is 1. The molecule has 1 atom stereocenters. The molecule has 10 heteroatoms. The summed E-state index contributed by atoms with van der Waals surface area (Å²) in [5.74, 6) is 2.54. The Labute approximate surface area is 288 Å². The van der Waals surface area contributed by atoms with Gasteiger partial charge in [-0.05, 0) is 29.8 Å². The van der Waals surface area contributed by atoms with E-state index in [0.29, 0.717) is 102 Å². The number of hydrogen-bond acceptors (Lipinski definition) is 10. The third-order valence-corrected chi connectivity index (χ3v) is 8.47. The second-order valence-corrected chi connectivity index (χ2v) is 11.4. The minimum atomic E-state index is -0.870. The average Bonchev–Trinajstić information content (AvgIpc) is 3.14. The Morgan fingerprint density at radius 2 is 0.918 bits per heavy atom. The monoisotopic (exact) mass is 671 g/mol. The van der Waals surface area contributed by atoms with Crippen LogP contribution in [0.3, 0.4) is 0 Å². The highest BCUT2D eigenvalue weighted by molar-refractivity contribution is 5.81. The summed E-state index contributed by atoms with van der Waals surface area (Å²) in [6, 6.07) is 30.2. The lowest BCUT2D eigenvalue weighted by atomic mass is 9.75. The van der Waals surface area contributed by atoms with Gasteiger partial charge in [-0.1, -0.05) is 60.7 Å². The number of rotatable bonds is 2. The zero-order chi connectivity index (χ0) is 33.7. The van der Waals surface area contributed by atoms with Crippen LogP contribution >= 0.6 is 0 Å². The molecule has 0 saturated carbocycles. The first-order valence-electron chi connectivity index (χ1n) is 16.8. The highest BCUT2D eigenvalue weighted by atomic mass is 16.6. The SMILES string of the molecule is COC1(c2ccccc2)c2ccccc2N(C)c2cc3c(cc21)OCCOCCOCCOc1ccccc1OCCOCCOCCO3. The lowest BCUT2D eigenvalue weighted by Gasteiger charge is -2.44. The van der Waals surface area contributed by atoms with Crippen LogP contribution in [0, 0.1) is 0 Å². The highest BCUT2D eigenvalue weighted by Crippen LogP contribution is 2.54. The van der Waals surface area contributed by atoms with Gasteiger partial charge in [-0.25, -0.2) is 0 Å². The van der Waals surface area contributed by atoms with Crippen LogP contribution in [-0.4, -0.2) is 93.4 Å². The Balaban J connectivity index is 1.20. The van der Waals surface area contributed by atoms with Crippen molar-refractivity contribution >= 4 is 11.4 Å². The van der Waals surface area contributed by atoms with Crippen molar-refractivity contribution in [1.82, 2.24) is 0 Å². The minimum Gasteiger partial charge on any atom is -0.487 e. The molecule has 0 aromatic heterocycles. The van der Waals surface area contributed by atoms with Gasteiger partial charge in [-0.2, -0.15) is 0 Å². The van der Waals surface area contributed by atoms with Gasteiger partial charge in [-0.15, -0.1) is 0 Å². The van der Waals surface area contributed by atoms with Crippen LogP contribution in [0.25, 0.3) is 0 Å². The summed E-state index contributed by atoms with van der Waals surface area (Å²) in [5.41, 5.74) is 4.15. The highest BCUT2D eigenvalue weighted by Gasteiger charge is 2.45. The molecule has 1 unspecified atom stereocenters. The van der Waals surface area contributed by atoms with E-state index in [-0.39, 0.29) is 0 Å².